The van der Waals surface area contributed by atoms with Crippen LogP contribution < -0.4 is 10.1 Å². The van der Waals surface area contributed by atoms with Crippen molar-refractivity contribution in [3.05, 3.63) is 29.6 Å². The van der Waals surface area contributed by atoms with E-state index in [1.807, 2.05) is 13.8 Å². The van der Waals surface area contributed by atoms with Gasteiger partial charge in [-0.15, -0.1) is 0 Å². The maximum Gasteiger partial charge on any atom is 0.257 e. The molecule has 0 radical (unpaired) electrons. The molecular formula is C13H18FNO2. The van der Waals surface area contributed by atoms with Crippen LogP contribution in [0.4, 0.5) is 4.39 Å². The van der Waals surface area contributed by atoms with Gasteiger partial charge in [0.1, 0.15) is 11.6 Å². The summed E-state index contributed by atoms with van der Waals surface area (Å²) in [5, 5.41) is 2.73. The second-order valence-corrected chi connectivity index (χ2v) is 4.40. The number of halogens is 1. The van der Waals surface area contributed by atoms with Gasteiger partial charge in [-0.25, -0.2) is 4.39 Å². The predicted octanol–water partition coefficient (Wildman–Crippen LogP) is 2.29. The standard InChI is InChI=1S/C13H18FNO2/c1-9(2)7-15-13(16)8-17-12-6-11(14)5-4-10(12)3/h4-6,9H,7-8H2,1-3H3,(H,15,16). The van der Waals surface area contributed by atoms with E-state index >= 15 is 0 Å². The minimum Gasteiger partial charge on any atom is -0.483 e. The summed E-state index contributed by atoms with van der Waals surface area (Å²) in [5.74, 6) is 0.245. The smallest absolute Gasteiger partial charge is 0.257 e. The van der Waals surface area contributed by atoms with Gasteiger partial charge in [0, 0.05) is 12.6 Å². The average molecular weight is 239 g/mol. The molecule has 0 heterocycles. The van der Waals surface area contributed by atoms with E-state index in [0.717, 1.165) is 5.56 Å². The monoisotopic (exact) mass is 239 g/mol. The predicted molar refractivity (Wildman–Crippen MR) is 64.5 cm³/mol. The lowest BCUT2D eigenvalue weighted by Crippen LogP contribution is -2.31. The molecule has 0 aromatic heterocycles. The molecule has 94 valence electrons. The number of carbonyl (C=O) groups excluding carboxylic acids is 1. The largest absolute Gasteiger partial charge is 0.483 e. The number of ether oxygens (including phenoxy) is 1. The Morgan fingerprint density at radius 1 is 1.47 bits per heavy atom. The van der Waals surface area contributed by atoms with Gasteiger partial charge in [-0.1, -0.05) is 19.9 Å². The Balaban J connectivity index is 2.44. The third kappa shape index (κ3) is 4.85. The quantitative estimate of drug-likeness (QED) is 0.856. The molecule has 0 saturated carbocycles. The number of benzene rings is 1. The third-order valence-electron chi connectivity index (χ3n) is 2.22. The van der Waals surface area contributed by atoms with Gasteiger partial charge in [-0.05, 0) is 24.5 Å². The van der Waals surface area contributed by atoms with Crippen LogP contribution in [0.15, 0.2) is 18.2 Å². The molecule has 1 rings (SSSR count). The van der Waals surface area contributed by atoms with Crippen LogP contribution >= 0.6 is 0 Å². The molecule has 0 spiro atoms. The fraction of sp³-hybridized carbons (Fsp3) is 0.462. The van der Waals surface area contributed by atoms with Crippen molar-refractivity contribution in [2.45, 2.75) is 20.8 Å². The zero-order chi connectivity index (χ0) is 12.8. The number of rotatable bonds is 5. The molecule has 0 atom stereocenters. The van der Waals surface area contributed by atoms with Crippen LogP contribution in [-0.2, 0) is 4.79 Å². The van der Waals surface area contributed by atoms with E-state index in [2.05, 4.69) is 5.32 Å². The molecule has 0 aliphatic heterocycles. The lowest BCUT2D eigenvalue weighted by molar-refractivity contribution is -0.123. The Morgan fingerprint density at radius 3 is 2.82 bits per heavy atom. The number of hydrogen-bond acceptors (Lipinski definition) is 2. The average Bonchev–Trinajstić information content (AvgIpc) is 2.27. The first-order valence-corrected chi connectivity index (χ1v) is 5.64. The summed E-state index contributed by atoms with van der Waals surface area (Å²) < 4.78 is 18.2. The van der Waals surface area contributed by atoms with Crippen LogP contribution in [0.5, 0.6) is 5.75 Å². The van der Waals surface area contributed by atoms with Crippen molar-refractivity contribution >= 4 is 5.91 Å². The highest BCUT2D eigenvalue weighted by Crippen LogP contribution is 2.18. The Hall–Kier alpha value is -1.58. The molecule has 3 nitrogen and oxygen atoms in total. The summed E-state index contributed by atoms with van der Waals surface area (Å²) in [4.78, 5) is 11.4. The van der Waals surface area contributed by atoms with E-state index < -0.39 is 0 Å². The number of hydrogen-bond donors (Lipinski definition) is 1. The van der Waals surface area contributed by atoms with Crippen molar-refractivity contribution in [3.63, 3.8) is 0 Å². The normalized spacial score (nSPS) is 10.4. The molecule has 0 fully saturated rings. The molecule has 4 heteroatoms. The summed E-state index contributed by atoms with van der Waals surface area (Å²) in [5.41, 5.74) is 0.808. The Bertz CT molecular complexity index is 391. The van der Waals surface area contributed by atoms with Crippen LogP contribution in [0.25, 0.3) is 0 Å². The van der Waals surface area contributed by atoms with Crippen LogP contribution in [0.1, 0.15) is 19.4 Å². The maximum atomic E-state index is 12.9. The third-order valence-corrected chi connectivity index (χ3v) is 2.22. The van der Waals surface area contributed by atoms with Crippen molar-refractivity contribution < 1.29 is 13.9 Å². The molecule has 1 aromatic carbocycles. The van der Waals surface area contributed by atoms with Gasteiger partial charge in [-0.3, -0.25) is 4.79 Å². The molecule has 0 aliphatic rings. The highest BCUT2D eigenvalue weighted by Gasteiger charge is 2.06. The molecule has 0 bridgehead atoms. The fourth-order valence-electron chi connectivity index (χ4n) is 1.24. The van der Waals surface area contributed by atoms with E-state index in [4.69, 9.17) is 4.74 Å². The molecule has 1 amide bonds. The molecule has 17 heavy (non-hydrogen) atoms. The number of aryl methyl sites for hydroxylation is 1. The van der Waals surface area contributed by atoms with Crippen LogP contribution in [0.2, 0.25) is 0 Å². The zero-order valence-electron chi connectivity index (χ0n) is 10.4. The summed E-state index contributed by atoms with van der Waals surface area (Å²) in [6, 6.07) is 4.27. The Morgan fingerprint density at radius 2 is 2.18 bits per heavy atom. The number of nitrogens with one attached hydrogen (secondary N) is 1. The molecular weight excluding hydrogens is 221 g/mol. The highest BCUT2D eigenvalue weighted by molar-refractivity contribution is 5.77. The summed E-state index contributed by atoms with van der Waals surface area (Å²) in [6.07, 6.45) is 0. The van der Waals surface area contributed by atoms with E-state index in [1.165, 1.54) is 12.1 Å². The van der Waals surface area contributed by atoms with Gasteiger partial charge in [0.25, 0.3) is 5.91 Å². The SMILES string of the molecule is Cc1ccc(F)cc1OCC(=O)NCC(C)C. The van der Waals surface area contributed by atoms with E-state index in [0.29, 0.717) is 18.2 Å². The zero-order valence-corrected chi connectivity index (χ0v) is 10.4. The van der Waals surface area contributed by atoms with E-state index in [1.54, 1.807) is 13.0 Å². The van der Waals surface area contributed by atoms with Gasteiger partial charge in [-0.2, -0.15) is 0 Å². The second-order valence-electron chi connectivity index (χ2n) is 4.40. The Kier molecular flexibility index (Phi) is 4.94. The van der Waals surface area contributed by atoms with Crippen molar-refractivity contribution in [1.29, 1.82) is 0 Å². The van der Waals surface area contributed by atoms with Crippen molar-refractivity contribution in [2.24, 2.45) is 5.92 Å². The minimum absolute atomic E-state index is 0.0863. The summed E-state index contributed by atoms with van der Waals surface area (Å²) >= 11 is 0. The first kappa shape index (κ1) is 13.5. The fourth-order valence-corrected chi connectivity index (χ4v) is 1.24. The van der Waals surface area contributed by atoms with Crippen molar-refractivity contribution in [1.82, 2.24) is 5.32 Å². The second kappa shape index (κ2) is 6.23. The van der Waals surface area contributed by atoms with E-state index in [9.17, 15) is 9.18 Å². The molecule has 0 saturated heterocycles. The Labute approximate surface area is 101 Å². The maximum absolute atomic E-state index is 12.9. The first-order valence-electron chi connectivity index (χ1n) is 5.64. The summed E-state index contributed by atoms with van der Waals surface area (Å²) in [7, 11) is 0. The number of amides is 1. The summed E-state index contributed by atoms with van der Waals surface area (Å²) in [6.45, 7) is 6.36. The van der Waals surface area contributed by atoms with Crippen LogP contribution in [-0.4, -0.2) is 19.1 Å². The topological polar surface area (TPSA) is 38.3 Å². The molecule has 1 N–H and O–H groups in total. The van der Waals surface area contributed by atoms with Crippen LogP contribution in [0.3, 0.4) is 0 Å². The highest BCUT2D eigenvalue weighted by atomic mass is 19.1. The molecule has 1 aromatic rings. The van der Waals surface area contributed by atoms with Gasteiger partial charge in [0.2, 0.25) is 0 Å². The van der Waals surface area contributed by atoms with Crippen molar-refractivity contribution in [3.8, 4) is 5.75 Å². The van der Waals surface area contributed by atoms with E-state index in [-0.39, 0.29) is 18.3 Å². The van der Waals surface area contributed by atoms with Gasteiger partial charge >= 0.3 is 0 Å². The van der Waals surface area contributed by atoms with Gasteiger partial charge < -0.3 is 10.1 Å². The van der Waals surface area contributed by atoms with Crippen molar-refractivity contribution in [2.75, 3.05) is 13.2 Å². The van der Waals surface area contributed by atoms with Gasteiger partial charge in [0.15, 0.2) is 6.61 Å². The lowest BCUT2D eigenvalue weighted by Gasteiger charge is -2.10. The number of carbonyl (C=O) groups is 1. The minimum atomic E-state index is -0.367. The molecule has 0 aliphatic carbocycles. The van der Waals surface area contributed by atoms with Crippen LogP contribution in [0, 0.1) is 18.7 Å². The lowest BCUT2D eigenvalue weighted by atomic mass is 10.2. The van der Waals surface area contributed by atoms with Gasteiger partial charge in [0.05, 0.1) is 0 Å². The first-order chi connectivity index (χ1) is 7.99. The molecule has 0 unspecified atom stereocenters.